The molecule has 0 heterocycles. The number of hydrogen-bond acceptors (Lipinski definition) is 1. The van der Waals surface area contributed by atoms with Gasteiger partial charge in [-0.3, -0.25) is 0 Å². The van der Waals surface area contributed by atoms with Gasteiger partial charge in [-0.05, 0) is 0 Å². The van der Waals surface area contributed by atoms with Crippen LogP contribution in [0.2, 0.25) is 0 Å². The van der Waals surface area contributed by atoms with Gasteiger partial charge in [-0.15, -0.1) is 0 Å². The molecule has 1 aromatic carbocycles. The Bertz CT molecular complexity index is 207. The first kappa shape index (κ1) is 7.17. The molecular formula is C6H4AsBrO. The van der Waals surface area contributed by atoms with Crippen LogP contribution in [-0.2, 0) is 3.74 Å². The van der Waals surface area contributed by atoms with Gasteiger partial charge in [0.2, 0.25) is 0 Å². The third-order valence-corrected chi connectivity index (χ3v) is 2.53. The average Bonchev–Trinajstić information content (AvgIpc) is 1.90. The molecule has 1 aromatic rings. The molecule has 0 N–H and O–H groups in total. The van der Waals surface area contributed by atoms with E-state index >= 15 is 0 Å². The van der Waals surface area contributed by atoms with Crippen molar-refractivity contribution in [3.63, 3.8) is 0 Å². The summed E-state index contributed by atoms with van der Waals surface area (Å²) in [7, 11) is 0. The van der Waals surface area contributed by atoms with Gasteiger partial charge in [0, 0.05) is 0 Å². The van der Waals surface area contributed by atoms with Crippen LogP contribution in [0.25, 0.3) is 0 Å². The average molecular weight is 247 g/mol. The van der Waals surface area contributed by atoms with E-state index in [2.05, 4.69) is 15.9 Å². The molecule has 9 heavy (non-hydrogen) atoms. The van der Waals surface area contributed by atoms with Crippen molar-refractivity contribution in [3.05, 3.63) is 28.7 Å². The van der Waals surface area contributed by atoms with Gasteiger partial charge in [0.25, 0.3) is 0 Å². The Kier molecular flexibility index (Phi) is 2.62. The summed E-state index contributed by atoms with van der Waals surface area (Å²) in [5.41, 5.74) is 0. The van der Waals surface area contributed by atoms with Crippen molar-refractivity contribution < 1.29 is 3.74 Å². The molecule has 1 rings (SSSR count). The van der Waals surface area contributed by atoms with Gasteiger partial charge in [-0.25, -0.2) is 0 Å². The monoisotopic (exact) mass is 246 g/mol. The van der Waals surface area contributed by atoms with Gasteiger partial charge in [0.15, 0.2) is 0 Å². The van der Waals surface area contributed by atoms with Gasteiger partial charge in [0.1, 0.15) is 0 Å². The van der Waals surface area contributed by atoms with Crippen LogP contribution < -0.4 is 4.35 Å². The molecule has 0 unspecified atom stereocenters. The van der Waals surface area contributed by atoms with Crippen molar-refractivity contribution in [2.24, 2.45) is 0 Å². The van der Waals surface area contributed by atoms with Crippen molar-refractivity contribution in [2.75, 3.05) is 0 Å². The first-order valence-electron chi connectivity index (χ1n) is 2.42. The van der Waals surface area contributed by atoms with Crippen LogP contribution in [0.3, 0.4) is 0 Å². The topological polar surface area (TPSA) is 17.1 Å². The molecular weight excluding hydrogens is 243 g/mol. The van der Waals surface area contributed by atoms with E-state index in [0.29, 0.717) is 0 Å². The molecule has 0 amide bonds. The van der Waals surface area contributed by atoms with E-state index in [0.717, 1.165) is 8.82 Å². The second-order valence-corrected chi connectivity index (χ2v) is 3.95. The maximum atomic E-state index is 10.3. The van der Waals surface area contributed by atoms with E-state index in [-0.39, 0.29) is 0 Å². The Morgan fingerprint density at radius 1 is 1.22 bits per heavy atom. The summed E-state index contributed by atoms with van der Waals surface area (Å²) in [4.78, 5) is 0. The predicted molar refractivity (Wildman–Crippen MR) is 40.2 cm³/mol. The zero-order valence-electron chi connectivity index (χ0n) is 4.54. The number of halogens is 1. The number of benzene rings is 1. The fourth-order valence-electron chi connectivity index (χ4n) is 0.502. The van der Waals surface area contributed by atoms with Crippen LogP contribution >= 0.6 is 15.9 Å². The summed E-state index contributed by atoms with van der Waals surface area (Å²) in [6, 6.07) is 7.50. The SMILES string of the molecule is O=[As]c1ccc(Br)cc1. The molecule has 0 saturated heterocycles. The van der Waals surface area contributed by atoms with Crippen molar-refractivity contribution in [1.29, 1.82) is 0 Å². The van der Waals surface area contributed by atoms with Crippen LogP contribution in [0, 0.1) is 0 Å². The molecule has 0 aliphatic heterocycles. The molecule has 0 aromatic heterocycles. The van der Waals surface area contributed by atoms with Gasteiger partial charge in [-0.1, -0.05) is 0 Å². The molecule has 0 saturated carbocycles. The van der Waals surface area contributed by atoms with Gasteiger partial charge in [0.05, 0.1) is 0 Å². The second kappa shape index (κ2) is 3.28. The molecule has 0 aliphatic rings. The zero-order valence-corrected chi connectivity index (χ0v) is 8.01. The molecule has 0 atom stereocenters. The minimum atomic E-state index is -0.850. The number of hydrogen-bond donors (Lipinski definition) is 0. The molecule has 0 fully saturated rings. The Morgan fingerprint density at radius 2 is 1.78 bits per heavy atom. The normalized spacial score (nSPS) is 9.89. The van der Waals surface area contributed by atoms with Gasteiger partial charge in [-0.2, -0.15) is 0 Å². The summed E-state index contributed by atoms with van der Waals surface area (Å²) in [5.74, 6) is 0. The zero-order chi connectivity index (χ0) is 6.69. The predicted octanol–water partition coefficient (Wildman–Crippen LogP) is 1.12. The summed E-state index contributed by atoms with van der Waals surface area (Å²) in [6.07, 6.45) is 0. The number of rotatable bonds is 1. The summed E-state index contributed by atoms with van der Waals surface area (Å²) < 4.78 is 12.3. The summed E-state index contributed by atoms with van der Waals surface area (Å²) in [6.45, 7) is 0. The molecule has 0 bridgehead atoms. The van der Waals surface area contributed by atoms with E-state index in [1.807, 2.05) is 24.3 Å². The van der Waals surface area contributed by atoms with Crippen LogP contribution in [0.15, 0.2) is 28.7 Å². The summed E-state index contributed by atoms with van der Waals surface area (Å²) in [5, 5.41) is 0. The second-order valence-electron chi connectivity index (χ2n) is 1.57. The van der Waals surface area contributed by atoms with Crippen molar-refractivity contribution in [3.8, 4) is 0 Å². The van der Waals surface area contributed by atoms with Crippen LogP contribution in [0.4, 0.5) is 0 Å². The van der Waals surface area contributed by atoms with Crippen LogP contribution in [-0.4, -0.2) is 15.7 Å². The van der Waals surface area contributed by atoms with E-state index in [4.69, 9.17) is 0 Å². The fourth-order valence-corrected chi connectivity index (χ4v) is 1.33. The molecule has 46 valence electrons. The Labute approximate surface area is 68.5 Å². The Balaban J connectivity index is 3.01. The third kappa shape index (κ3) is 2.03. The molecule has 3 heteroatoms. The summed E-state index contributed by atoms with van der Waals surface area (Å²) >= 11 is 2.43. The fraction of sp³-hybridized carbons (Fsp3) is 0. The standard InChI is InChI=1S/C6H4AsBrO/c8-6-3-1-5(7-9)2-4-6/h1-4H. The van der Waals surface area contributed by atoms with E-state index in [1.165, 1.54) is 0 Å². The van der Waals surface area contributed by atoms with E-state index in [1.54, 1.807) is 0 Å². The van der Waals surface area contributed by atoms with Crippen molar-refractivity contribution >= 4 is 36.0 Å². The van der Waals surface area contributed by atoms with Crippen molar-refractivity contribution in [2.45, 2.75) is 0 Å². The molecule has 0 aliphatic carbocycles. The first-order chi connectivity index (χ1) is 4.33. The van der Waals surface area contributed by atoms with Crippen LogP contribution in [0.5, 0.6) is 0 Å². The molecule has 0 spiro atoms. The van der Waals surface area contributed by atoms with E-state index in [9.17, 15) is 3.74 Å². The third-order valence-electron chi connectivity index (χ3n) is 0.932. The van der Waals surface area contributed by atoms with Gasteiger partial charge >= 0.3 is 68.4 Å². The van der Waals surface area contributed by atoms with Gasteiger partial charge < -0.3 is 0 Å². The first-order valence-corrected chi connectivity index (χ1v) is 4.91. The Hall–Kier alpha value is 0.0584. The maximum absolute atomic E-state index is 10.3. The van der Waals surface area contributed by atoms with Crippen molar-refractivity contribution in [1.82, 2.24) is 0 Å². The quantitative estimate of drug-likeness (QED) is 0.679. The van der Waals surface area contributed by atoms with E-state index < -0.39 is 15.7 Å². The molecule has 0 radical (unpaired) electrons. The molecule has 1 nitrogen and oxygen atoms in total. The Morgan fingerprint density at radius 3 is 2.22 bits per heavy atom. The minimum absolute atomic E-state index is 0.850. The van der Waals surface area contributed by atoms with Crippen LogP contribution in [0.1, 0.15) is 0 Å².